The average molecular weight is 1120 g/mol. The van der Waals surface area contributed by atoms with Gasteiger partial charge in [0.25, 0.3) is 0 Å². The van der Waals surface area contributed by atoms with Crippen molar-refractivity contribution in [2.24, 2.45) is 63.7 Å². The molecule has 0 spiro atoms. The van der Waals surface area contributed by atoms with Crippen LogP contribution >= 0.6 is 0 Å². The van der Waals surface area contributed by atoms with Crippen LogP contribution in [0.5, 0.6) is 11.5 Å². The number of esters is 2. The first-order valence-corrected chi connectivity index (χ1v) is 29.2. The molecule has 4 aromatic carbocycles. The molecule has 0 heterocycles. The predicted octanol–water partition coefficient (Wildman–Crippen LogP) is 14.5. The Bertz CT molecular complexity index is 2390. The van der Waals surface area contributed by atoms with E-state index in [1.54, 1.807) is 18.2 Å². The van der Waals surface area contributed by atoms with Gasteiger partial charge in [0.05, 0.1) is 23.3 Å². The number of hydrogen-bond donors (Lipinski definition) is 4. The quantitative estimate of drug-likeness (QED) is 0.0445. The number of fused-ring (bicyclic) bond motifs is 5. The molecule has 15 heteroatoms. The Balaban J connectivity index is 0.000000284. The van der Waals surface area contributed by atoms with Crippen molar-refractivity contribution in [1.29, 1.82) is 0 Å². The minimum atomic E-state index is -4.00. The first kappa shape index (κ1) is 65.5. The Morgan fingerprint density at radius 3 is 1.62 bits per heavy atom. The lowest BCUT2D eigenvalue weighted by molar-refractivity contribution is -0.199. The maximum atomic E-state index is 13.1. The molecule has 4 aromatic rings. The number of alkyl halides is 3. The zero-order valence-electron chi connectivity index (χ0n) is 49.0. The van der Waals surface area contributed by atoms with Crippen molar-refractivity contribution in [3.8, 4) is 11.5 Å². The van der Waals surface area contributed by atoms with Crippen LogP contribution in [0.2, 0.25) is 0 Å². The number of ether oxygens (including phenoxy) is 6. The van der Waals surface area contributed by atoms with E-state index in [-0.39, 0.29) is 62.3 Å². The molecule has 8 N–H and O–H groups in total. The molecule has 5 aliphatic carbocycles. The summed E-state index contributed by atoms with van der Waals surface area (Å²) in [6.07, 6.45) is 12.9. The molecule has 5 aliphatic rings. The van der Waals surface area contributed by atoms with Crippen LogP contribution in [0.15, 0.2) is 109 Å². The van der Waals surface area contributed by atoms with Crippen LogP contribution in [-0.2, 0) is 18.9 Å². The number of anilines is 2. The van der Waals surface area contributed by atoms with Crippen LogP contribution < -0.4 is 32.4 Å². The van der Waals surface area contributed by atoms with E-state index >= 15 is 0 Å². The summed E-state index contributed by atoms with van der Waals surface area (Å²) in [5, 5.41) is 0. The van der Waals surface area contributed by atoms with Gasteiger partial charge in [-0.1, -0.05) is 108 Å². The van der Waals surface area contributed by atoms with E-state index in [0.29, 0.717) is 39.8 Å². The van der Waals surface area contributed by atoms with Crippen LogP contribution in [0.3, 0.4) is 0 Å². The summed E-state index contributed by atoms with van der Waals surface area (Å²) in [4.78, 5) is 25.3. The van der Waals surface area contributed by atoms with E-state index in [2.05, 4.69) is 46.1 Å². The number of nitrogens with two attached hydrogens (primary N) is 4. The third-order valence-corrected chi connectivity index (χ3v) is 17.7. The molecular formula is C65H95F3N4O8. The van der Waals surface area contributed by atoms with Crippen molar-refractivity contribution in [2.45, 2.75) is 168 Å². The Kier molecular flexibility index (Phi) is 26.0. The van der Waals surface area contributed by atoms with E-state index in [1.807, 2.05) is 91.0 Å². The third kappa shape index (κ3) is 19.1. The van der Waals surface area contributed by atoms with Gasteiger partial charge in [0.2, 0.25) is 0 Å². The summed E-state index contributed by atoms with van der Waals surface area (Å²) >= 11 is 0. The Labute approximate surface area is 475 Å². The van der Waals surface area contributed by atoms with Gasteiger partial charge in [-0.15, -0.1) is 0 Å². The normalized spacial score (nSPS) is 27.8. The van der Waals surface area contributed by atoms with Crippen LogP contribution in [0.25, 0.3) is 0 Å². The Morgan fingerprint density at radius 2 is 1.06 bits per heavy atom. The van der Waals surface area contributed by atoms with Crippen molar-refractivity contribution in [3.05, 3.63) is 120 Å². The van der Waals surface area contributed by atoms with Crippen molar-refractivity contribution in [3.63, 3.8) is 0 Å². The lowest BCUT2D eigenvalue weighted by Gasteiger charge is -2.63. The second-order valence-electron chi connectivity index (χ2n) is 23.4. The van der Waals surface area contributed by atoms with Crippen LogP contribution in [0.4, 0.5) is 24.5 Å². The SMILES string of the molecule is CC(C)CCCC(C)C1CCC2C3CC(OCOc4ccccc4)C4CC(OC(=O)c5ccccc5)CCC4(C)C3CCC12C.CC(F)(F)F.CN.CN.Nc1cc(N)cc(C(=O)OC2CCC(OCOc3ccccc3)CC2)c1. The molecule has 9 rings (SSSR count). The van der Waals surface area contributed by atoms with E-state index in [9.17, 15) is 22.8 Å². The summed E-state index contributed by atoms with van der Waals surface area (Å²) in [5.41, 5.74) is 23.0. The van der Waals surface area contributed by atoms with Gasteiger partial charge >= 0.3 is 18.1 Å². The number of halogens is 3. The molecule has 0 saturated heterocycles. The van der Waals surface area contributed by atoms with E-state index in [1.165, 1.54) is 59.0 Å². The molecule has 0 aliphatic heterocycles. The molecular weight excluding hydrogens is 1020 g/mol. The molecule has 444 valence electrons. The summed E-state index contributed by atoms with van der Waals surface area (Å²) < 4.78 is 67.0. The fourth-order valence-electron chi connectivity index (χ4n) is 14.1. The van der Waals surface area contributed by atoms with Gasteiger partial charge in [0.15, 0.2) is 13.6 Å². The van der Waals surface area contributed by atoms with E-state index in [0.717, 1.165) is 92.5 Å². The Hall–Kier alpha value is -5.35. The number of nitrogen functional groups attached to an aromatic ring is 2. The smallest absolute Gasteiger partial charge is 0.386 e. The zero-order chi connectivity index (χ0) is 58.5. The molecule has 0 amide bonds. The van der Waals surface area contributed by atoms with Gasteiger partial charge in [0.1, 0.15) is 23.7 Å². The van der Waals surface area contributed by atoms with Crippen molar-refractivity contribution in [2.75, 3.05) is 39.1 Å². The molecule has 5 fully saturated rings. The molecule has 0 aromatic heterocycles. The molecule has 5 saturated carbocycles. The van der Waals surface area contributed by atoms with Gasteiger partial charge in [0, 0.05) is 18.3 Å². The Morgan fingerprint density at radius 1 is 0.575 bits per heavy atom. The standard InChI is InChI=1S/C41H58O4.C20H24N2O4.C2H3F3.2CH5N/c1-28(2)13-12-14-29(3)34-19-20-35-33-26-38(44-27-43-31-17-10-7-11-18-31)37-25-32(45-39(42)30-15-8-6-9-16-30)21-23-41(37,5)36(33)22-24-40(34,35)4;21-15-10-14(11-16(22)12-15)20(23)26-19-8-6-18(7-9-19)25-13-24-17-4-2-1-3-5-17;1-2(3,4)5;2*1-2/h6-11,15-18,28-29,32-38H,12-14,19-27H2,1-5H3;1-5,10-12,18-19H,6-9,13,21-22H2;1H3;2*2H2,1H3. The van der Waals surface area contributed by atoms with E-state index < -0.39 is 6.18 Å². The highest BCUT2D eigenvalue weighted by Gasteiger charge is 2.63. The monoisotopic (exact) mass is 1120 g/mol. The highest BCUT2D eigenvalue weighted by molar-refractivity contribution is 5.92. The number of carbonyl (C=O) groups excluding carboxylic acids is 2. The fourth-order valence-corrected chi connectivity index (χ4v) is 14.1. The van der Waals surface area contributed by atoms with Gasteiger partial charge < -0.3 is 51.4 Å². The largest absolute Gasteiger partial charge is 0.468 e. The summed E-state index contributed by atoms with van der Waals surface area (Å²) in [7, 11) is 3.00. The fraction of sp³-hybridized carbons (Fsp3) is 0.600. The number of rotatable bonds is 17. The van der Waals surface area contributed by atoms with Crippen molar-refractivity contribution >= 4 is 23.3 Å². The summed E-state index contributed by atoms with van der Waals surface area (Å²) in [6.45, 7) is 13.2. The van der Waals surface area contributed by atoms with Crippen LogP contribution in [0, 0.1) is 52.3 Å². The van der Waals surface area contributed by atoms with Gasteiger partial charge in [-0.25, -0.2) is 9.59 Å². The number of hydrogen-bond acceptors (Lipinski definition) is 12. The number of benzene rings is 4. The predicted molar refractivity (Wildman–Crippen MR) is 313 cm³/mol. The zero-order valence-corrected chi connectivity index (χ0v) is 49.0. The minimum absolute atomic E-state index is 0.0649. The van der Waals surface area contributed by atoms with Gasteiger partial charge in [-0.2, -0.15) is 13.2 Å². The lowest BCUT2D eigenvalue weighted by atomic mass is 9.43. The maximum Gasteiger partial charge on any atom is 0.386 e. The second kappa shape index (κ2) is 31.7. The molecule has 0 radical (unpaired) electrons. The topological polar surface area (TPSA) is 194 Å². The first-order valence-electron chi connectivity index (χ1n) is 29.2. The molecule has 80 heavy (non-hydrogen) atoms. The summed E-state index contributed by atoms with van der Waals surface area (Å²) in [6, 6.07) is 33.8. The van der Waals surface area contributed by atoms with Gasteiger partial charge in [-0.05, 0) is 198 Å². The molecule has 12 nitrogen and oxygen atoms in total. The third-order valence-electron chi connectivity index (χ3n) is 17.7. The first-order chi connectivity index (χ1) is 38.3. The highest BCUT2D eigenvalue weighted by atomic mass is 19.4. The molecule has 10 atom stereocenters. The number of carbonyl (C=O) groups is 2. The van der Waals surface area contributed by atoms with Crippen molar-refractivity contribution < 1.29 is 51.2 Å². The molecule has 0 bridgehead atoms. The maximum absolute atomic E-state index is 13.1. The average Bonchev–Trinajstić information content (AvgIpc) is 3.93. The van der Waals surface area contributed by atoms with E-state index in [4.69, 9.17) is 39.9 Å². The molecule has 10 unspecified atom stereocenters. The second-order valence-corrected chi connectivity index (χ2v) is 23.4. The van der Waals surface area contributed by atoms with Crippen LogP contribution in [0.1, 0.15) is 159 Å². The minimum Gasteiger partial charge on any atom is -0.468 e. The van der Waals surface area contributed by atoms with Gasteiger partial charge in [-0.3, -0.25) is 0 Å². The summed E-state index contributed by atoms with van der Waals surface area (Å²) in [5.74, 6) is 6.06. The van der Waals surface area contributed by atoms with Crippen molar-refractivity contribution in [1.82, 2.24) is 0 Å². The lowest BCUT2D eigenvalue weighted by Crippen LogP contribution is -2.59. The van der Waals surface area contributed by atoms with Crippen LogP contribution in [-0.4, -0.2) is 70.2 Å². The highest BCUT2D eigenvalue weighted by Crippen LogP contribution is 2.69. The number of para-hydroxylation sites is 2.